The van der Waals surface area contributed by atoms with Crippen LogP contribution in [0.2, 0.25) is 0 Å². The van der Waals surface area contributed by atoms with Crippen LogP contribution in [0.5, 0.6) is 0 Å². The van der Waals surface area contributed by atoms with Crippen LogP contribution in [0.1, 0.15) is 45.8 Å². The monoisotopic (exact) mass is 489 g/mol. The van der Waals surface area contributed by atoms with Crippen molar-refractivity contribution >= 4 is 17.5 Å². The summed E-state index contributed by atoms with van der Waals surface area (Å²) in [5, 5.41) is 12.9. The van der Waals surface area contributed by atoms with Gasteiger partial charge in [-0.2, -0.15) is 18.4 Å². The highest BCUT2D eigenvalue weighted by Gasteiger charge is 2.43. The van der Waals surface area contributed by atoms with E-state index in [-0.39, 0.29) is 24.3 Å². The van der Waals surface area contributed by atoms with Crippen LogP contribution in [0.25, 0.3) is 0 Å². The number of aromatic nitrogens is 1. The van der Waals surface area contributed by atoms with Crippen molar-refractivity contribution < 1.29 is 27.3 Å². The minimum absolute atomic E-state index is 0.0895. The average Bonchev–Trinajstić information content (AvgIpc) is 3.41. The van der Waals surface area contributed by atoms with Crippen molar-refractivity contribution in [3.63, 3.8) is 0 Å². The van der Waals surface area contributed by atoms with Gasteiger partial charge in [0.25, 0.3) is 5.91 Å². The van der Waals surface area contributed by atoms with Gasteiger partial charge in [-0.15, -0.1) is 0 Å². The molecule has 2 fully saturated rings. The average molecular weight is 489 g/mol. The second-order valence-corrected chi connectivity index (χ2v) is 9.25. The van der Waals surface area contributed by atoms with Crippen molar-refractivity contribution in [1.29, 1.82) is 5.26 Å². The van der Waals surface area contributed by atoms with E-state index in [1.807, 2.05) is 0 Å². The van der Waals surface area contributed by atoms with Crippen LogP contribution in [0.15, 0.2) is 22.7 Å². The van der Waals surface area contributed by atoms with Crippen molar-refractivity contribution in [3.05, 3.63) is 46.3 Å². The molecule has 1 aromatic carbocycles. The maximum Gasteiger partial charge on any atom is 0.417 e. The summed E-state index contributed by atoms with van der Waals surface area (Å²) in [5.74, 6) is -0.737. The second kappa shape index (κ2) is 9.24. The quantitative estimate of drug-likeness (QED) is 0.705. The van der Waals surface area contributed by atoms with E-state index >= 15 is 0 Å². The van der Waals surface area contributed by atoms with Crippen molar-refractivity contribution in [3.8, 4) is 6.07 Å². The Bertz CT molecular complexity index is 1160. The molecule has 0 spiro atoms. The van der Waals surface area contributed by atoms with Gasteiger partial charge in [0, 0.05) is 31.9 Å². The Morgan fingerprint density at radius 3 is 2.43 bits per heavy atom. The number of hydrogen-bond donors (Lipinski definition) is 1. The van der Waals surface area contributed by atoms with Crippen LogP contribution in [0, 0.1) is 42.9 Å². The Morgan fingerprint density at radius 2 is 1.89 bits per heavy atom. The first kappa shape index (κ1) is 24.6. The molecule has 3 heterocycles. The first-order chi connectivity index (χ1) is 16.5. The fraction of sp³-hybridized carbons (Fsp3) is 0.500. The minimum atomic E-state index is -4.66. The molecule has 0 unspecified atom stereocenters. The Kier molecular flexibility index (Phi) is 6.49. The number of aryl methyl sites for hydroxylation is 2. The number of carbonyl (C=O) groups excluding carboxylic acids is 2. The first-order valence-electron chi connectivity index (χ1n) is 11.4. The van der Waals surface area contributed by atoms with Gasteiger partial charge in [-0.05, 0) is 56.7 Å². The fourth-order valence-corrected chi connectivity index (χ4v) is 5.36. The predicted molar refractivity (Wildman–Crippen MR) is 119 cm³/mol. The van der Waals surface area contributed by atoms with Gasteiger partial charge in [-0.3, -0.25) is 9.59 Å². The zero-order valence-corrected chi connectivity index (χ0v) is 19.4. The SMILES string of the molecule is Cc1noc(C)c1C(=O)N1CCC([C@@H]2CN(c3ccc(C#N)c(C(F)(F)F)c3)C[C@H]2C(N)=O)CC1. The van der Waals surface area contributed by atoms with Crippen molar-refractivity contribution in [2.24, 2.45) is 23.5 Å². The zero-order valence-electron chi connectivity index (χ0n) is 19.4. The van der Waals surface area contributed by atoms with Crippen LogP contribution in [0.3, 0.4) is 0 Å². The molecule has 0 bridgehead atoms. The number of carbonyl (C=O) groups is 2. The van der Waals surface area contributed by atoms with E-state index in [0.29, 0.717) is 55.2 Å². The first-order valence-corrected chi connectivity index (χ1v) is 11.4. The number of hydrogen-bond acceptors (Lipinski definition) is 6. The van der Waals surface area contributed by atoms with Crippen molar-refractivity contribution in [2.75, 3.05) is 31.1 Å². The molecule has 0 aliphatic carbocycles. The highest BCUT2D eigenvalue weighted by atomic mass is 19.4. The number of primary amides is 1. The van der Waals surface area contributed by atoms with Crippen LogP contribution in [0.4, 0.5) is 18.9 Å². The number of likely N-dealkylation sites (tertiary alicyclic amines) is 1. The molecule has 2 saturated heterocycles. The molecule has 2 N–H and O–H groups in total. The third-order valence-electron chi connectivity index (χ3n) is 7.20. The minimum Gasteiger partial charge on any atom is -0.370 e. The molecule has 2 aromatic rings. The maximum atomic E-state index is 13.4. The molecule has 186 valence electrons. The molecule has 0 radical (unpaired) electrons. The standard InChI is InChI=1S/C24H26F3N5O3/c1-13-21(14(2)35-30-13)23(34)31-7-5-15(6-8-31)18-11-32(12-19(18)22(29)33)17-4-3-16(10-28)20(9-17)24(25,26)27/h3-4,9,15,18-19H,5-8,11-12H2,1-2H3,(H2,29,33)/t18-,19+/m0/s1. The molecule has 8 nitrogen and oxygen atoms in total. The Hall–Kier alpha value is -3.55. The van der Waals surface area contributed by atoms with E-state index in [0.717, 1.165) is 12.1 Å². The molecule has 35 heavy (non-hydrogen) atoms. The molecule has 2 aliphatic rings. The molecule has 2 atom stereocenters. The maximum absolute atomic E-state index is 13.4. The third kappa shape index (κ3) is 4.70. The van der Waals surface area contributed by atoms with Crippen molar-refractivity contribution in [2.45, 2.75) is 32.9 Å². The third-order valence-corrected chi connectivity index (χ3v) is 7.20. The lowest BCUT2D eigenvalue weighted by Crippen LogP contribution is -2.43. The number of amides is 2. The fourth-order valence-electron chi connectivity index (χ4n) is 5.36. The number of nitrogens with two attached hydrogens (primary N) is 1. The largest absolute Gasteiger partial charge is 0.417 e. The van der Waals surface area contributed by atoms with Gasteiger partial charge < -0.3 is 20.1 Å². The number of anilines is 1. The van der Waals surface area contributed by atoms with Crippen LogP contribution < -0.4 is 10.6 Å². The number of alkyl halides is 3. The Labute approximate surface area is 200 Å². The zero-order chi connectivity index (χ0) is 25.5. The van der Waals surface area contributed by atoms with Gasteiger partial charge in [-0.1, -0.05) is 5.16 Å². The van der Waals surface area contributed by atoms with Crippen molar-refractivity contribution in [1.82, 2.24) is 10.1 Å². The van der Waals surface area contributed by atoms with E-state index in [2.05, 4.69) is 5.16 Å². The van der Waals surface area contributed by atoms with Gasteiger partial charge >= 0.3 is 6.18 Å². The van der Waals surface area contributed by atoms with E-state index < -0.39 is 29.1 Å². The molecule has 1 aromatic heterocycles. The molecule has 2 aliphatic heterocycles. The summed E-state index contributed by atoms with van der Waals surface area (Å²) >= 11 is 0. The summed E-state index contributed by atoms with van der Waals surface area (Å²) in [6.45, 7) is 4.97. The number of halogens is 3. The molecular formula is C24H26F3N5O3. The summed E-state index contributed by atoms with van der Waals surface area (Å²) in [5.41, 5.74) is 5.54. The number of piperidine rings is 1. The highest BCUT2D eigenvalue weighted by Crippen LogP contribution is 2.40. The van der Waals surface area contributed by atoms with E-state index in [1.165, 1.54) is 6.07 Å². The molecule has 0 saturated carbocycles. The van der Waals surface area contributed by atoms with Gasteiger partial charge in [0.05, 0.1) is 28.8 Å². The van der Waals surface area contributed by atoms with E-state index in [1.54, 1.807) is 29.7 Å². The van der Waals surface area contributed by atoms with Crippen LogP contribution >= 0.6 is 0 Å². The normalized spacial score (nSPS) is 21.3. The number of nitrogens with zero attached hydrogens (tertiary/aromatic N) is 4. The van der Waals surface area contributed by atoms with E-state index in [9.17, 15) is 22.8 Å². The topological polar surface area (TPSA) is 116 Å². The lowest BCUT2D eigenvalue weighted by atomic mass is 9.78. The summed E-state index contributed by atoms with van der Waals surface area (Å²) in [6.07, 6.45) is -3.36. The molecule has 11 heteroatoms. The van der Waals surface area contributed by atoms with Gasteiger partial charge in [0.1, 0.15) is 11.3 Å². The number of benzene rings is 1. The summed E-state index contributed by atoms with van der Waals surface area (Å²) in [7, 11) is 0. The Morgan fingerprint density at radius 1 is 1.20 bits per heavy atom. The Balaban J connectivity index is 1.49. The summed E-state index contributed by atoms with van der Waals surface area (Å²) in [6, 6.07) is 5.17. The molecule has 2 amide bonds. The number of rotatable bonds is 4. The highest BCUT2D eigenvalue weighted by molar-refractivity contribution is 5.96. The molecular weight excluding hydrogens is 463 g/mol. The molecule has 4 rings (SSSR count). The summed E-state index contributed by atoms with van der Waals surface area (Å²) < 4.78 is 45.4. The summed E-state index contributed by atoms with van der Waals surface area (Å²) in [4.78, 5) is 28.7. The van der Waals surface area contributed by atoms with Gasteiger partial charge in [0.2, 0.25) is 5.91 Å². The van der Waals surface area contributed by atoms with Gasteiger partial charge in [0.15, 0.2) is 0 Å². The van der Waals surface area contributed by atoms with Gasteiger partial charge in [-0.25, -0.2) is 0 Å². The smallest absolute Gasteiger partial charge is 0.370 e. The second-order valence-electron chi connectivity index (χ2n) is 9.25. The number of nitriles is 1. The predicted octanol–water partition coefficient (Wildman–Crippen LogP) is 3.27. The van der Waals surface area contributed by atoms with E-state index in [4.69, 9.17) is 15.5 Å². The van der Waals surface area contributed by atoms with Crippen LogP contribution in [-0.2, 0) is 11.0 Å². The van der Waals surface area contributed by atoms with Crippen LogP contribution in [-0.4, -0.2) is 48.0 Å². The lowest BCUT2D eigenvalue weighted by Gasteiger charge is -2.36. The lowest BCUT2D eigenvalue weighted by molar-refractivity contribution is -0.137.